The maximum atomic E-state index is 13.5. The van der Waals surface area contributed by atoms with Crippen LogP contribution >= 0.6 is 0 Å². The number of rotatable bonds is 3. The molecule has 1 spiro atoms. The van der Waals surface area contributed by atoms with Crippen molar-refractivity contribution in [2.24, 2.45) is 28.6 Å². The van der Waals surface area contributed by atoms with Crippen molar-refractivity contribution in [3.63, 3.8) is 0 Å². The normalized spacial score (nSPS) is 55.4. The van der Waals surface area contributed by atoms with Crippen molar-refractivity contribution in [3.8, 4) is 0 Å². The van der Waals surface area contributed by atoms with Crippen LogP contribution in [-0.4, -0.2) is 75.3 Å². The number of allylic oxidation sites excluding steroid dienone is 1. The molecule has 2 saturated heterocycles. The van der Waals surface area contributed by atoms with E-state index in [4.69, 9.17) is 18.9 Å². The third-order valence-corrected chi connectivity index (χ3v) is 12.5. The molecule has 9 nitrogen and oxygen atoms in total. The van der Waals surface area contributed by atoms with E-state index in [-0.39, 0.29) is 23.6 Å². The van der Waals surface area contributed by atoms with Crippen molar-refractivity contribution in [1.29, 1.82) is 0 Å². The average Bonchev–Trinajstić information content (AvgIpc) is 3.78. The molecule has 0 amide bonds. The zero-order valence-corrected chi connectivity index (χ0v) is 23.4. The Morgan fingerprint density at radius 3 is 2.56 bits per heavy atom. The van der Waals surface area contributed by atoms with Crippen LogP contribution < -0.4 is 0 Å². The van der Waals surface area contributed by atoms with Crippen LogP contribution in [0.1, 0.15) is 67.2 Å². The van der Waals surface area contributed by atoms with Crippen molar-refractivity contribution in [1.82, 2.24) is 0 Å². The Kier molecular flexibility index (Phi) is 4.91. The summed E-state index contributed by atoms with van der Waals surface area (Å²) in [5.41, 5.74) is -3.64. The highest BCUT2D eigenvalue weighted by molar-refractivity contribution is 5.98. The van der Waals surface area contributed by atoms with Gasteiger partial charge in [-0.25, -0.2) is 4.79 Å². The standard InChI is InChI=1S/C30H38O9/c1-13-11-19(37-25(34)14(13)2)15(3)29-24(39-29)23(36-16(4)31)28(35)18-12-22-30(38-22)21(33)8-7-20(32)27(30,6)17(18)9-10-26(28,29)5/h7-8,15,17-19,21-24,33,35H,9-12H2,1-6H3/t15-,17+,18-,19-,21+,22-,23+,24+,26+,27+,28-,29+,30-/m1/s1. The van der Waals surface area contributed by atoms with Crippen LogP contribution in [0.15, 0.2) is 23.3 Å². The van der Waals surface area contributed by atoms with Crippen LogP contribution in [0.5, 0.6) is 0 Å². The molecule has 3 saturated carbocycles. The number of hydrogen-bond acceptors (Lipinski definition) is 9. The summed E-state index contributed by atoms with van der Waals surface area (Å²) in [6, 6.07) is 0. The van der Waals surface area contributed by atoms with Crippen molar-refractivity contribution in [2.75, 3.05) is 0 Å². The van der Waals surface area contributed by atoms with E-state index in [2.05, 4.69) is 0 Å². The highest BCUT2D eigenvalue weighted by Crippen LogP contribution is 2.79. The molecule has 39 heavy (non-hydrogen) atoms. The van der Waals surface area contributed by atoms with Gasteiger partial charge in [0.25, 0.3) is 0 Å². The molecule has 9 heteroatoms. The van der Waals surface area contributed by atoms with E-state index >= 15 is 0 Å². The van der Waals surface area contributed by atoms with Crippen LogP contribution in [0.3, 0.4) is 0 Å². The second-order valence-electron chi connectivity index (χ2n) is 13.6. The molecule has 0 bridgehead atoms. The number of ketones is 1. The molecule has 5 fully saturated rings. The first-order valence-electron chi connectivity index (χ1n) is 14.2. The molecule has 4 aliphatic carbocycles. The van der Waals surface area contributed by atoms with Crippen LogP contribution in [0.4, 0.5) is 0 Å². The van der Waals surface area contributed by atoms with Crippen LogP contribution in [0, 0.1) is 28.6 Å². The zero-order chi connectivity index (χ0) is 28.1. The molecule has 3 heterocycles. The number of aliphatic hydroxyl groups is 2. The summed E-state index contributed by atoms with van der Waals surface area (Å²) in [5.74, 6) is -1.94. The fourth-order valence-electron chi connectivity index (χ4n) is 10.3. The first-order valence-corrected chi connectivity index (χ1v) is 14.2. The van der Waals surface area contributed by atoms with Gasteiger partial charge in [-0.1, -0.05) is 19.4 Å². The third kappa shape index (κ3) is 2.61. The summed E-state index contributed by atoms with van der Waals surface area (Å²) in [6.07, 6.45) is 1.88. The van der Waals surface area contributed by atoms with E-state index in [1.165, 1.54) is 19.1 Å². The fraction of sp³-hybridized carbons (Fsp3) is 0.767. The van der Waals surface area contributed by atoms with Gasteiger partial charge in [-0.3, -0.25) is 9.59 Å². The number of hydrogen-bond donors (Lipinski definition) is 2. The summed E-state index contributed by atoms with van der Waals surface area (Å²) in [4.78, 5) is 38.6. The molecule has 2 N–H and O–H groups in total. The highest BCUT2D eigenvalue weighted by atomic mass is 16.7. The lowest BCUT2D eigenvalue weighted by Gasteiger charge is -2.62. The lowest BCUT2D eigenvalue weighted by Crippen LogP contribution is -2.72. The summed E-state index contributed by atoms with van der Waals surface area (Å²) in [7, 11) is 0. The van der Waals surface area contributed by atoms with Gasteiger partial charge in [0, 0.05) is 30.3 Å². The second-order valence-corrected chi connectivity index (χ2v) is 13.6. The van der Waals surface area contributed by atoms with Gasteiger partial charge in [0.1, 0.15) is 35.1 Å². The van der Waals surface area contributed by atoms with Gasteiger partial charge < -0.3 is 29.2 Å². The lowest BCUT2D eigenvalue weighted by molar-refractivity contribution is -0.262. The smallest absolute Gasteiger partial charge is 0.333 e. The Labute approximate surface area is 227 Å². The number of carbonyl (C=O) groups is 3. The van der Waals surface area contributed by atoms with Gasteiger partial charge in [-0.2, -0.15) is 0 Å². The van der Waals surface area contributed by atoms with Crippen LogP contribution in [0.25, 0.3) is 0 Å². The van der Waals surface area contributed by atoms with Gasteiger partial charge in [0.05, 0.1) is 11.5 Å². The minimum atomic E-state index is -1.51. The van der Waals surface area contributed by atoms with E-state index in [1.807, 2.05) is 27.7 Å². The number of cyclic esters (lactones) is 1. The van der Waals surface area contributed by atoms with Gasteiger partial charge in [0.2, 0.25) is 0 Å². The van der Waals surface area contributed by atoms with Gasteiger partial charge in [-0.05, 0) is 64.0 Å². The summed E-state index contributed by atoms with van der Waals surface area (Å²) >= 11 is 0. The Morgan fingerprint density at radius 1 is 1.18 bits per heavy atom. The Balaban J connectivity index is 1.32. The van der Waals surface area contributed by atoms with Crippen LogP contribution in [0.2, 0.25) is 0 Å². The summed E-state index contributed by atoms with van der Waals surface area (Å²) in [5, 5.41) is 24.0. The molecule has 0 radical (unpaired) electrons. The predicted molar refractivity (Wildman–Crippen MR) is 135 cm³/mol. The topological polar surface area (TPSA) is 135 Å². The molecule has 0 aromatic carbocycles. The molecular weight excluding hydrogens is 504 g/mol. The second kappa shape index (κ2) is 7.41. The van der Waals surface area contributed by atoms with Gasteiger partial charge in [0.15, 0.2) is 11.9 Å². The molecule has 0 aromatic rings. The summed E-state index contributed by atoms with van der Waals surface area (Å²) in [6.45, 7) is 10.9. The van der Waals surface area contributed by atoms with Crippen molar-refractivity contribution >= 4 is 17.7 Å². The Morgan fingerprint density at radius 2 is 1.90 bits per heavy atom. The number of esters is 2. The maximum Gasteiger partial charge on any atom is 0.333 e. The maximum absolute atomic E-state index is 13.5. The minimum Gasteiger partial charge on any atom is -0.458 e. The number of ether oxygens (including phenoxy) is 4. The van der Waals surface area contributed by atoms with Crippen molar-refractivity contribution in [3.05, 3.63) is 23.3 Å². The summed E-state index contributed by atoms with van der Waals surface area (Å²) < 4.78 is 24.5. The van der Waals surface area contributed by atoms with E-state index in [0.29, 0.717) is 31.3 Å². The number of carbonyl (C=O) groups excluding carboxylic acids is 3. The average molecular weight is 543 g/mol. The predicted octanol–water partition coefficient (Wildman–Crippen LogP) is 2.17. The number of epoxide rings is 2. The third-order valence-electron chi connectivity index (χ3n) is 12.5. The van der Waals surface area contributed by atoms with Gasteiger partial charge >= 0.3 is 11.9 Å². The highest BCUT2D eigenvalue weighted by Gasteiger charge is 2.92. The largest absolute Gasteiger partial charge is 0.458 e. The zero-order valence-electron chi connectivity index (χ0n) is 23.4. The monoisotopic (exact) mass is 542 g/mol. The quantitative estimate of drug-likeness (QED) is 0.406. The van der Waals surface area contributed by atoms with Gasteiger partial charge in [-0.15, -0.1) is 0 Å². The lowest BCUT2D eigenvalue weighted by atomic mass is 9.42. The number of fused-ring (bicyclic) bond motifs is 6. The first-order chi connectivity index (χ1) is 18.2. The molecule has 13 atom stereocenters. The molecule has 0 unspecified atom stereocenters. The molecule has 212 valence electrons. The van der Waals surface area contributed by atoms with Crippen LogP contribution in [-0.2, 0) is 33.3 Å². The van der Waals surface area contributed by atoms with Crippen molar-refractivity contribution in [2.45, 2.75) is 115 Å². The Bertz CT molecular complexity index is 1270. The first kappa shape index (κ1) is 25.9. The minimum absolute atomic E-state index is 0.101. The molecule has 7 aliphatic rings. The molecule has 7 rings (SSSR count). The van der Waals surface area contributed by atoms with E-state index in [9.17, 15) is 24.6 Å². The number of aliphatic hydroxyl groups excluding tert-OH is 1. The molecule has 3 aliphatic heterocycles. The Hall–Kier alpha value is -2.07. The fourth-order valence-corrected chi connectivity index (χ4v) is 10.3. The van der Waals surface area contributed by atoms with Crippen molar-refractivity contribution < 1.29 is 43.5 Å². The van der Waals surface area contributed by atoms with E-state index < -0.39 is 70.0 Å². The van der Waals surface area contributed by atoms with E-state index in [0.717, 1.165) is 5.57 Å². The SMILES string of the molecule is CC(=O)O[C@H]1[C@@H]2O[C@]2([C@H](C)[C@H]2CC(C)=C(C)C(=O)O2)[C@@]2(C)CC[C@H]3[C@@H](C[C@H]4O[C@]45[C@@H](O)C=CC(=O)[C@]35C)[C@@]12O. The molecule has 0 aromatic heterocycles. The molecular formula is C30H38O9. The van der Waals surface area contributed by atoms with E-state index in [1.54, 1.807) is 6.92 Å².